The van der Waals surface area contributed by atoms with Gasteiger partial charge in [0.1, 0.15) is 0 Å². The Labute approximate surface area is 93.2 Å². The van der Waals surface area contributed by atoms with Crippen LogP contribution < -0.4 is 5.32 Å². The van der Waals surface area contributed by atoms with Crippen LogP contribution in [0.4, 0.5) is 0 Å². The first-order valence-electron chi connectivity index (χ1n) is 5.08. The molecule has 0 radical (unpaired) electrons. The van der Waals surface area contributed by atoms with Crippen LogP contribution in [0.25, 0.3) is 0 Å². The lowest BCUT2D eigenvalue weighted by molar-refractivity contribution is 0.0944. The van der Waals surface area contributed by atoms with Crippen LogP contribution in [-0.4, -0.2) is 33.7 Å². The summed E-state index contributed by atoms with van der Waals surface area (Å²) >= 11 is 1.86. The number of H-pyrrole nitrogens is 1. The van der Waals surface area contributed by atoms with Gasteiger partial charge in [-0.3, -0.25) is 9.89 Å². The van der Waals surface area contributed by atoms with E-state index in [-0.39, 0.29) is 5.91 Å². The molecule has 1 aromatic rings. The molecule has 0 bridgehead atoms. The molecule has 1 fully saturated rings. The van der Waals surface area contributed by atoms with E-state index < -0.39 is 0 Å². The maximum Gasteiger partial charge on any atom is 0.254 e. The van der Waals surface area contributed by atoms with Gasteiger partial charge in [-0.15, -0.1) is 0 Å². The van der Waals surface area contributed by atoms with E-state index in [0.29, 0.717) is 10.3 Å². The topological polar surface area (TPSA) is 57.8 Å². The van der Waals surface area contributed by atoms with Crippen molar-refractivity contribution in [1.29, 1.82) is 0 Å². The largest absolute Gasteiger partial charge is 0.351 e. The van der Waals surface area contributed by atoms with Crippen molar-refractivity contribution in [2.75, 3.05) is 12.8 Å². The van der Waals surface area contributed by atoms with E-state index in [1.54, 1.807) is 12.4 Å². The monoisotopic (exact) mass is 225 g/mol. The van der Waals surface area contributed by atoms with E-state index in [1.807, 2.05) is 11.8 Å². The first-order chi connectivity index (χ1) is 7.26. The number of aromatic nitrogens is 2. The first kappa shape index (κ1) is 10.5. The van der Waals surface area contributed by atoms with Gasteiger partial charge in [0.25, 0.3) is 5.91 Å². The molecule has 1 heterocycles. The highest BCUT2D eigenvalue weighted by molar-refractivity contribution is 8.00. The zero-order valence-electron chi connectivity index (χ0n) is 8.75. The number of nitrogens with one attached hydrogen (secondary N) is 2. The number of hydrogen-bond donors (Lipinski definition) is 2. The standard InChI is InChI=1S/C10H15N3OS/c1-15-10(3-2-4-10)7-11-9(14)8-5-12-13-6-8/h5-6H,2-4,7H2,1H3,(H,11,14)(H,12,13). The molecule has 15 heavy (non-hydrogen) atoms. The van der Waals surface area contributed by atoms with E-state index in [1.165, 1.54) is 19.3 Å². The van der Waals surface area contributed by atoms with Crippen LogP contribution in [0.15, 0.2) is 12.4 Å². The molecular formula is C10H15N3OS. The van der Waals surface area contributed by atoms with Crippen LogP contribution in [0, 0.1) is 0 Å². The number of rotatable bonds is 4. The molecule has 1 amide bonds. The molecule has 1 aromatic heterocycles. The quantitative estimate of drug-likeness (QED) is 0.815. The van der Waals surface area contributed by atoms with Crippen LogP contribution in [0.3, 0.4) is 0 Å². The van der Waals surface area contributed by atoms with Gasteiger partial charge < -0.3 is 5.32 Å². The maximum absolute atomic E-state index is 11.6. The molecule has 82 valence electrons. The van der Waals surface area contributed by atoms with Gasteiger partial charge in [-0.25, -0.2) is 0 Å². The van der Waals surface area contributed by atoms with Gasteiger partial charge in [-0.1, -0.05) is 6.42 Å². The fraction of sp³-hybridized carbons (Fsp3) is 0.600. The summed E-state index contributed by atoms with van der Waals surface area (Å²) in [6.07, 6.45) is 8.97. The van der Waals surface area contributed by atoms with Crippen LogP contribution >= 0.6 is 11.8 Å². The molecule has 0 atom stereocenters. The fourth-order valence-corrected chi connectivity index (χ4v) is 2.66. The van der Waals surface area contributed by atoms with E-state index in [0.717, 1.165) is 6.54 Å². The number of thioether (sulfide) groups is 1. The maximum atomic E-state index is 11.6. The van der Waals surface area contributed by atoms with Crippen molar-refractivity contribution in [2.24, 2.45) is 0 Å². The lowest BCUT2D eigenvalue weighted by Crippen LogP contribution is -2.45. The molecule has 0 saturated heterocycles. The number of hydrogen-bond acceptors (Lipinski definition) is 3. The van der Waals surface area contributed by atoms with Crippen LogP contribution in [0.2, 0.25) is 0 Å². The molecule has 2 rings (SSSR count). The van der Waals surface area contributed by atoms with Crippen molar-refractivity contribution in [2.45, 2.75) is 24.0 Å². The predicted octanol–water partition coefficient (Wildman–Crippen LogP) is 1.43. The van der Waals surface area contributed by atoms with Gasteiger partial charge in [0.15, 0.2) is 0 Å². The minimum Gasteiger partial charge on any atom is -0.351 e. The summed E-state index contributed by atoms with van der Waals surface area (Å²) in [7, 11) is 0. The van der Waals surface area contributed by atoms with E-state index in [2.05, 4.69) is 21.8 Å². The summed E-state index contributed by atoms with van der Waals surface area (Å²) in [5.74, 6) is -0.0379. The third-order valence-corrected chi connectivity index (χ3v) is 4.45. The predicted molar refractivity (Wildman–Crippen MR) is 61.0 cm³/mol. The van der Waals surface area contributed by atoms with Crippen LogP contribution in [0.1, 0.15) is 29.6 Å². The molecule has 1 aliphatic rings. The Morgan fingerprint density at radius 1 is 1.73 bits per heavy atom. The summed E-state index contributed by atoms with van der Waals surface area (Å²) in [5.41, 5.74) is 0.602. The summed E-state index contributed by atoms with van der Waals surface area (Å²) in [6, 6.07) is 0. The highest BCUT2D eigenvalue weighted by Gasteiger charge is 2.36. The second-order valence-electron chi connectivity index (χ2n) is 3.91. The van der Waals surface area contributed by atoms with Gasteiger partial charge in [0.05, 0.1) is 11.8 Å². The molecule has 5 heteroatoms. The van der Waals surface area contributed by atoms with E-state index in [9.17, 15) is 4.79 Å². The van der Waals surface area contributed by atoms with Gasteiger partial charge in [0, 0.05) is 17.5 Å². The number of carbonyl (C=O) groups excluding carboxylic acids is 1. The van der Waals surface area contributed by atoms with Crippen molar-refractivity contribution < 1.29 is 4.79 Å². The van der Waals surface area contributed by atoms with Crippen molar-refractivity contribution in [3.8, 4) is 0 Å². The van der Waals surface area contributed by atoms with Crippen molar-refractivity contribution >= 4 is 17.7 Å². The highest BCUT2D eigenvalue weighted by Crippen LogP contribution is 2.42. The Hall–Kier alpha value is -0.970. The SMILES string of the molecule is CSC1(CNC(=O)c2cn[nH]c2)CCC1. The Kier molecular flexibility index (Phi) is 3.00. The van der Waals surface area contributed by atoms with Crippen LogP contribution in [-0.2, 0) is 0 Å². The smallest absolute Gasteiger partial charge is 0.254 e. The number of nitrogens with zero attached hydrogens (tertiary/aromatic N) is 1. The molecule has 1 aliphatic carbocycles. The third kappa shape index (κ3) is 2.17. The summed E-state index contributed by atoms with van der Waals surface area (Å²) in [6.45, 7) is 0.762. The molecule has 0 unspecified atom stereocenters. The van der Waals surface area contributed by atoms with Gasteiger partial charge in [-0.2, -0.15) is 16.9 Å². The summed E-state index contributed by atoms with van der Waals surface area (Å²) < 4.78 is 0.291. The molecule has 1 saturated carbocycles. The second kappa shape index (κ2) is 4.26. The Bertz CT molecular complexity index is 327. The number of amides is 1. The molecule has 4 nitrogen and oxygen atoms in total. The Balaban J connectivity index is 1.85. The molecule has 0 aliphatic heterocycles. The number of carbonyl (C=O) groups is 1. The number of aromatic amines is 1. The van der Waals surface area contributed by atoms with E-state index >= 15 is 0 Å². The molecule has 0 spiro atoms. The normalized spacial score (nSPS) is 18.2. The zero-order valence-corrected chi connectivity index (χ0v) is 9.56. The minimum absolute atomic E-state index is 0.0379. The fourth-order valence-electron chi connectivity index (χ4n) is 1.74. The van der Waals surface area contributed by atoms with Gasteiger partial charge in [0.2, 0.25) is 0 Å². The van der Waals surface area contributed by atoms with Gasteiger partial charge >= 0.3 is 0 Å². The summed E-state index contributed by atoms with van der Waals surface area (Å²) in [4.78, 5) is 11.6. The minimum atomic E-state index is -0.0379. The molecule has 2 N–H and O–H groups in total. The first-order valence-corrected chi connectivity index (χ1v) is 6.30. The average Bonchev–Trinajstić information content (AvgIpc) is 2.69. The summed E-state index contributed by atoms with van der Waals surface area (Å²) in [5, 5.41) is 9.34. The van der Waals surface area contributed by atoms with Crippen molar-refractivity contribution in [3.05, 3.63) is 18.0 Å². The average molecular weight is 225 g/mol. The van der Waals surface area contributed by atoms with Gasteiger partial charge in [-0.05, 0) is 19.1 Å². The van der Waals surface area contributed by atoms with Crippen LogP contribution in [0.5, 0.6) is 0 Å². The highest BCUT2D eigenvalue weighted by atomic mass is 32.2. The lowest BCUT2D eigenvalue weighted by Gasteiger charge is -2.40. The zero-order chi connectivity index (χ0) is 10.7. The molecular weight excluding hydrogens is 210 g/mol. The van der Waals surface area contributed by atoms with Crippen molar-refractivity contribution in [1.82, 2.24) is 15.5 Å². The Morgan fingerprint density at radius 3 is 3.00 bits per heavy atom. The van der Waals surface area contributed by atoms with Crippen molar-refractivity contribution in [3.63, 3.8) is 0 Å². The lowest BCUT2D eigenvalue weighted by atomic mass is 9.84. The molecule has 0 aromatic carbocycles. The van der Waals surface area contributed by atoms with E-state index in [4.69, 9.17) is 0 Å². The second-order valence-corrected chi connectivity index (χ2v) is 5.18. The third-order valence-electron chi connectivity index (χ3n) is 3.03. The Morgan fingerprint density at radius 2 is 2.53 bits per heavy atom.